The highest BCUT2D eigenvalue weighted by Gasteiger charge is 2.31. The predicted octanol–water partition coefficient (Wildman–Crippen LogP) is 6.33. The fourth-order valence-corrected chi connectivity index (χ4v) is 4.73. The molecule has 41 heavy (non-hydrogen) atoms. The van der Waals surface area contributed by atoms with Crippen LogP contribution < -0.4 is 9.64 Å². The maximum absolute atomic E-state index is 12.6. The third-order valence-electron chi connectivity index (χ3n) is 6.42. The Kier molecular flexibility index (Phi) is 8.67. The summed E-state index contributed by atoms with van der Waals surface area (Å²) in [5.41, 5.74) is 1.42. The number of anilines is 1. The van der Waals surface area contributed by atoms with E-state index in [1.165, 1.54) is 25.4 Å². The van der Waals surface area contributed by atoms with Crippen molar-refractivity contribution in [2.24, 2.45) is 0 Å². The van der Waals surface area contributed by atoms with E-state index >= 15 is 0 Å². The summed E-state index contributed by atoms with van der Waals surface area (Å²) in [5, 5.41) is 11.6. The van der Waals surface area contributed by atoms with Crippen LogP contribution in [-0.2, 0) is 9.47 Å². The Labute approximate surface area is 242 Å². The van der Waals surface area contributed by atoms with E-state index < -0.39 is 16.5 Å². The van der Waals surface area contributed by atoms with Crippen molar-refractivity contribution in [1.29, 1.82) is 0 Å². The van der Waals surface area contributed by atoms with Gasteiger partial charge >= 0.3 is 17.9 Å². The van der Waals surface area contributed by atoms with Gasteiger partial charge in [0.15, 0.2) is 11.9 Å². The molecule has 1 saturated heterocycles. The van der Waals surface area contributed by atoms with E-state index in [2.05, 4.69) is 9.88 Å². The number of nitrogens with zero attached hydrogens (tertiary/aromatic N) is 4. The molecule has 0 N–H and O–H groups in total. The molecule has 0 unspecified atom stereocenters. The number of benzene rings is 2. The van der Waals surface area contributed by atoms with Crippen molar-refractivity contribution in [3.8, 4) is 22.6 Å². The molecule has 11 nitrogen and oxygen atoms in total. The van der Waals surface area contributed by atoms with E-state index in [-0.39, 0.29) is 40.0 Å². The minimum atomic E-state index is -0.688. The topological polar surface area (TPSA) is 124 Å². The van der Waals surface area contributed by atoms with E-state index in [0.29, 0.717) is 30.8 Å². The summed E-state index contributed by atoms with van der Waals surface area (Å²) in [7, 11) is 1.23. The lowest BCUT2D eigenvalue weighted by molar-refractivity contribution is -0.389. The van der Waals surface area contributed by atoms with Crippen molar-refractivity contribution < 1.29 is 28.7 Å². The molecule has 1 atom stereocenters. The van der Waals surface area contributed by atoms with Gasteiger partial charge in [0.25, 0.3) is 0 Å². The summed E-state index contributed by atoms with van der Waals surface area (Å²) >= 11 is 6.23. The Hall–Kier alpha value is -4.38. The molecule has 12 heteroatoms. The van der Waals surface area contributed by atoms with Crippen LogP contribution >= 0.6 is 11.6 Å². The zero-order chi connectivity index (χ0) is 29.9. The number of rotatable bonds is 6. The zero-order valence-corrected chi connectivity index (χ0v) is 24.2. The number of carbonyl (C=O) groups excluding carboxylic acids is 2. The number of ether oxygens (including phenoxy) is 3. The first-order valence-corrected chi connectivity index (χ1v) is 13.3. The fraction of sp³-hybridized carbons (Fsp3) is 0.345. The van der Waals surface area contributed by atoms with Crippen molar-refractivity contribution in [3.63, 3.8) is 0 Å². The number of amides is 1. The number of halogens is 1. The van der Waals surface area contributed by atoms with Crippen LogP contribution in [0.15, 0.2) is 54.7 Å². The largest absolute Gasteiger partial charge is 0.465 e. The normalized spacial score (nSPS) is 15.3. The van der Waals surface area contributed by atoms with Gasteiger partial charge in [-0.15, -0.1) is 0 Å². The van der Waals surface area contributed by atoms with Crippen molar-refractivity contribution >= 4 is 35.2 Å². The Bertz CT molecular complexity index is 1460. The van der Waals surface area contributed by atoms with Crippen molar-refractivity contribution in [2.45, 2.75) is 39.3 Å². The SMILES string of the molecule is COC(=O)c1c(Cl)cccc1Oc1cnc([N+](=O)[O-])cc1-c1ccc(N2CCN(C(=O)OC(C)(C)C)[C@@H](C)C2)cc1. The molecule has 2 heterocycles. The average molecular weight is 583 g/mol. The van der Waals surface area contributed by atoms with E-state index in [4.69, 9.17) is 25.8 Å². The van der Waals surface area contributed by atoms with E-state index in [0.717, 1.165) is 5.69 Å². The van der Waals surface area contributed by atoms with Gasteiger partial charge < -0.3 is 34.1 Å². The molecule has 0 bridgehead atoms. The molecule has 0 radical (unpaired) electrons. The molecule has 216 valence electrons. The Morgan fingerprint density at radius 3 is 2.41 bits per heavy atom. The molecule has 3 aromatic rings. The Balaban J connectivity index is 1.60. The van der Waals surface area contributed by atoms with Gasteiger partial charge in [-0.1, -0.05) is 29.8 Å². The molecular weight excluding hydrogens is 552 g/mol. The van der Waals surface area contributed by atoms with Crippen molar-refractivity contribution in [3.05, 3.63) is 75.4 Å². The highest BCUT2D eigenvalue weighted by Crippen LogP contribution is 2.38. The van der Waals surface area contributed by atoms with Crippen LogP contribution in [0.3, 0.4) is 0 Å². The number of esters is 1. The number of nitro groups is 1. The van der Waals surface area contributed by atoms with E-state index in [1.54, 1.807) is 17.0 Å². The first-order valence-electron chi connectivity index (χ1n) is 12.9. The number of carbonyl (C=O) groups is 2. The molecule has 2 aromatic carbocycles. The van der Waals surface area contributed by atoms with Crippen LogP contribution in [0, 0.1) is 10.1 Å². The molecule has 1 amide bonds. The fourth-order valence-electron chi connectivity index (χ4n) is 4.48. The number of hydrogen-bond donors (Lipinski definition) is 0. The third kappa shape index (κ3) is 6.86. The highest BCUT2D eigenvalue weighted by atomic mass is 35.5. The van der Waals surface area contributed by atoms with E-state index in [1.807, 2.05) is 52.0 Å². The number of piperazine rings is 1. The standard InChI is InChI=1S/C29H31ClN4O7/c1-18-17-32(13-14-33(18)28(36)41-29(2,3)4)20-11-9-19(10-12-20)21-15-25(34(37)38)31-16-24(21)40-23-8-6-7-22(30)26(23)27(35)39-5/h6-12,15-16,18H,13-14,17H2,1-5H3/t18-/m0/s1. The number of aromatic nitrogens is 1. The third-order valence-corrected chi connectivity index (χ3v) is 6.74. The lowest BCUT2D eigenvalue weighted by Crippen LogP contribution is -2.55. The molecular formula is C29H31ClN4O7. The summed E-state index contributed by atoms with van der Waals surface area (Å²) in [4.78, 5) is 43.6. The lowest BCUT2D eigenvalue weighted by atomic mass is 10.0. The van der Waals surface area contributed by atoms with Gasteiger partial charge in [0.05, 0.1) is 12.1 Å². The summed E-state index contributed by atoms with van der Waals surface area (Å²) in [6.07, 6.45) is 0.905. The molecule has 0 aliphatic carbocycles. The first-order chi connectivity index (χ1) is 19.4. The number of methoxy groups -OCH3 is 1. The molecule has 1 aromatic heterocycles. The quantitative estimate of drug-likeness (QED) is 0.186. The smallest absolute Gasteiger partial charge is 0.410 e. The molecule has 1 fully saturated rings. The van der Waals surface area contributed by atoms with Crippen LogP contribution in [0.2, 0.25) is 5.02 Å². The molecule has 4 rings (SSSR count). The lowest BCUT2D eigenvalue weighted by Gasteiger charge is -2.41. The maximum atomic E-state index is 12.6. The zero-order valence-electron chi connectivity index (χ0n) is 23.4. The van der Waals surface area contributed by atoms with Crippen LogP contribution in [-0.4, -0.2) is 65.3 Å². The van der Waals surface area contributed by atoms with Gasteiger partial charge in [-0.25, -0.2) is 9.59 Å². The molecule has 1 aliphatic heterocycles. The van der Waals surface area contributed by atoms with Gasteiger partial charge in [-0.05, 0) is 67.4 Å². The minimum absolute atomic E-state index is 0.0240. The summed E-state index contributed by atoms with van der Waals surface area (Å²) in [6, 6.07) is 13.4. The van der Waals surface area contributed by atoms with E-state index in [9.17, 15) is 19.7 Å². The molecule has 0 spiro atoms. The van der Waals surface area contributed by atoms with Gasteiger partial charge in [-0.3, -0.25) is 0 Å². The Morgan fingerprint density at radius 1 is 1.10 bits per heavy atom. The van der Waals surface area contributed by atoms with Crippen LogP contribution in [0.5, 0.6) is 11.5 Å². The monoisotopic (exact) mass is 582 g/mol. The Morgan fingerprint density at radius 2 is 1.80 bits per heavy atom. The summed E-state index contributed by atoms with van der Waals surface area (Å²) < 4.78 is 16.4. The second-order valence-corrected chi connectivity index (χ2v) is 10.9. The average Bonchev–Trinajstić information content (AvgIpc) is 2.92. The molecule has 1 aliphatic rings. The predicted molar refractivity (Wildman–Crippen MR) is 154 cm³/mol. The second kappa shape index (κ2) is 12.0. The van der Waals surface area contributed by atoms with Gasteiger partial charge in [0, 0.05) is 43.0 Å². The van der Waals surface area contributed by atoms with Gasteiger partial charge in [-0.2, -0.15) is 0 Å². The van der Waals surface area contributed by atoms with Crippen molar-refractivity contribution in [2.75, 3.05) is 31.6 Å². The highest BCUT2D eigenvalue weighted by molar-refractivity contribution is 6.34. The maximum Gasteiger partial charge on any atom is 0.410 e. The van der Waals surface area contributed by atoms with Crippen molar-refractivity contribution in [1.82, 2.24) is 9.88 Å². The molecule has 0 saturated carbocycles. The first kappa shape index (κ1) is 29.6. The van der Waals surface area contributed by atoms with Gasteiger partial charge in [0.1, 0.15) is 16.9 Å². The summed E-state index contributed by atoms with van der Waals surface area (Å²) in [6.45, 7) is 9.23. The number of pyridine rings is 1. The second-order valence-electron chi connectivity index (χ2n) is 10.5. The number of hydrogen-bond acceptors (Lipinski definition) is 9. The van der Waals surface area contributed by atoms with Crippen LogP contribution in [0.4, 0.5) is 16.3 Å². The summed E-state index contributed by atoms with van der Waals surface area (Å²) in [5.74, 6) is -0.736. The van der Waals surface area contributed by atoms with Crippen LogP contribution in [0.25, 0.3) is 11.1 Å². The van der Waals surface area contributed by atoms with Gasteiger partial charge in [0.2, 0.25) is 0 Å². The van der Waals surface area contributed by atoms with Crippen LogP contribution in [0.1, 0.15) is 38.1 Å². The minimum Gasteiger partial charge on any atom is -0.465 e.